The van der Waals surface area contributed by atoms with Gasteiger partial charge >= 0.3 is 0 Å². The van der Waals surface area contributed by atoms with Crippen molar-refractivity contribution >= 4 is 17.2 Å². The van der Waals surface area contributed by atoms with Crippen LogP contribution in [0.2, 0.25) is 0 Å². The summed E-state index contributed by atoms with van der Waals surface area (Å²) < 4.78 is 0. The molecule has 4 unspecified atom stereocenters. The summed E-state index contributed by atoms with van der Waals surface area (Å²) in [5.41, 5.74) is 9.25. The van der Waals surface area contributed by atoms with E-state index in [2.05, 4.69) is 121 Å². The van der Waals surface area contributed by atoms with Gasteiger partial charge in [-0.05, 0) is 91.4 Å². The zero-order chi connectivity index (χ0) is 30.0. The van der Waals surface area contributed by atoms with Gasteiger partial charge in [-0.3, -0.25) is 0 Å². The molecule has 0 aromatic heterocycles. The number of hydrogen-bond acceptors (Lipinski definition) is 2. The van der Waals surface area contributed by atoms with Gasteiger partial charge in [0.25, 0.3) is 0 Å². The van der Waals surface area contributed by atoms with E-state index < -0.39 is 0 Å². The molecule has 0 amide bonds. The zero-order valence-corrected chi connectivity index (χ0v) is 29.6. The van der Waals surface area contributed by atoms with E-state index in [4.69, 9.17) is 10.2 Å². The predicted molar refractivity (Wildman–Crippen MR) is 187 cm³/mol. The summed E-state index contributed by atoms with van der Waals surface area (Å²) in [5, 5.41) is 17.1. The largest absolute Gasteiger partial charge is 0.393 e. The SMILES string of the molecule is CC(O)CC(C)O.[Rh].c1ccc([C@H]2C[C@H](c3ccccc3)P[C@H]2CC[C@@H]2P[C@@H](c3ccccc3)C[C@@H]2c2ccccc2)cc1. The van der Waals surface area contributed by atoms with Crippen LogP contribution in [0.4, 0.5) is 0 Å². The average molecular weight is 714 g/mol. The molecule has 5 heteroatoms. The maximum Gasteiger partial charge on any atom is 0.0536 e. The minimum absolute atomic E-state index is 0. The fraction of sp³-hybridized carbons (Fsp3) is 0.385. The Hall–Kier alpha value is -1.72. The maximum atomic E-state index is 8.56. The maximum absolute atomic E-state index is 8.56. The van der Waals surface area contributed by atoms with Crippen molar-refractivity contribution in [3.8, 4) is 0 Å². The molecule has 2 saturated heterocycles. The Labute approximate surface area is 281 Å². The van der Waals surface area contributed by atoms with Gasteiger partial charge in [0.1, 0.15) is 0 Å². The molecule has 235 valence electrons. The Morgan fingerprint density at radius 2 is 0.818 bits per heavy atom. The van der Waals surface area contributed by atoms with Crippen molar-refractivity contribution in [1.29, 1.82) is 0 Å². The molecule has 0 aliphatic carbocycles. The van der Waals surface area contributed by atoms with E-state index in [0.29, 0.717) is 18.3 Å². The van der Waals surface area contributed by atoms with Crippen LogP contribution >= 0.6 is 17.2 Å². The van der Waals surface area contributed by atoms with Gasteiger partial charge in [0.15, 0.2) is 0 Å². The van der Waals surface area contributed by atoms with Gasteiger partial charge in [0, 0.05) is 30.8 Å². The van der Waals surface area contributed by atoms with E-state index in [0.717, 1.165) is 39.8 Å². The second kappa shape index (κ2) is 17.8. The summed E-state index contributed by atoms with van der Waals surface area (Å²) in [6.07, 6.45) is 5.06. The van der Waals surface area contributed by atoms with E-state index in [1.54, 1.807) is 36.1 Å². The first-order valence-electron chi connectivity index (χ1n) is 16.1. The summed E-state index contributed by atoms with van der Waals surface area (Å²) in [4.78, 5) is 0. The summed E-state index contributed by atoms with van der Waals surface area (Å²) in [5.74, 6) is 1.39. The number of benzene rings is 4. The van der Waals surface area contributed by atoms with Crippen molar-refractivity contribution in [3.05, 3.63) is 144 Å². The van der Waals surface area contributed by atoms with E-state index in [1.807, 2.05) is 0 Å². The van der Waals surface area contributed by atoms with Crippen molar-refractivity contribution in [2.24, 2.45) is 0 Å². The molecule has 2 N–H and O–H groups in total. The summed E-state index contributed by atoms with van der Waals surface area (Å²) >= 11 is 0. The van der Waals surface area contributed by atoms with Gasteiger partial charge in [0.05, 0.1) is 12.2 Å². The third-order valence-corrected chi connectivity index (χ3v) is 13.3. The molecule has 4 aromatic rings. The molecular formula is C39H48O2P2Rh. The van der Waals surface area contributed by atoms with Crippen molar-refractivity contribution < 1.29 is 29.7 Å². The molecule has 2 nitrogen and oxygen atoms in total. The number of aliphatic hydroxyl groups is 2. The molecule has 0 bridgehead atoms. The van der Waals surface area contributed by atoms with Gasteiger partial charge in [0.2, 0.25) is 0 Å². The number of hydrogen-bond donors (Lipinski definition) is 2. The van der Waals surface area contributed by atoms with Gasteiger partial charge in [-0.1, -0.05) is 121 Å². The van der Waals surface area contributed by atoms with E-state index in [9.17, 15) is 0 Å². The molecule has 0 saturated carbocycles. The van der Waals surface area contributed by atoms with Crippen LogP contribution in [0, 0.1) is 0 Å². The number of aliphatic hydroxyl groups excluding tert-OH is 2. The third kappa shape index (κ3) is 9.89. The minimum atomic E-state index is -0.375. The smallest absolute Gasteiger partial charge is 0.0536 e. The number of rotatable bonds is 9. The van der Waals surface area contributed by atoms with E-state index >= 15 is 0 Å². The van der Waals surface area contributed by atoms with Crippen LogP contribution < -0.4 is 0 Å². The molecule has 10 atom stereocenters. The van der Waals surface area contributed by atoms with Gasteiger partial charge in [-0.25, -0.2) is 0 Å². The Kier molecular flexibility index (Phi) is 14.2. The summed E-state index contributed by atoms with van der Waals surface area (Å²) in [6.45, 7) is 3.32. The third-order valence-electron chi connectivity index (χ3n) is 9.11. The van der Waals surface area contributed by atoms with Crippen LogP contribution in [0.1, 0.15) is 91.4 Å². The molecule has 4 aromatic carbocycles. The van der Waals surface area contributed by atoms with Crippen LogP contribution in [0.3, 0.4) is 0 Å². The Balaban J connectivity index is 0.000000497. The first-order valence-corrected chi connectivity index (χ1v) is 18.4. The van der Waals surface area contributed by atoms with E-state index in [1.165, 1.54) is 25.7 Å². The topological polar surface area (TPSA) is 40.5 Å². The Bertz CT molecular complexity index is 1230. The first-order chi connectivity index (χ1) is 21.0. The average Bonchev–Trinajstić information content (AvgIpc) is 3.66. The molecule has 2 fully saturated rings. The van der Waals surface area contributed by atoms with E-state index in [-0.39, 0.29) is 31.7 Å². The van der Waals surface area contributed by atoms with Gasteiger partial charge in [-0.2, -0.15) is 0 Å². The van der Waals surface area contributed by atoms with Gasteiger partial charge in [-0.15, -0.1) is 17.2 Å². The Morgan fingerprint density at radius 1 is 0.523 bits per heavy atom. The van der Waals surface area contributed by atoms with Crippen LogP contribution in [0.25, 0.3) is 0 Å². The summed E-state index contributed by atoms with van der Waals surface area (Å²) in [7, 11) is 2.05. The first kappa shape index (κ1) is 35.1. The van der Waals surface area contributed by atoms with Crippen LogP contribution in [0.5, 0.6) is 0 Å². The quantitative estimate of drug-likeness (QED) is 0.134. The standard InChI is InChI=1S/C34H36P2.C5H12O2.Rh/c1-5-13-25(14-6-1)29-23-33(27-17-9-3-10-18-27)35-31(29)21-22-32-30(26-15-7-2-8-16-26)24-34(36-32)28-19-11-4-12-20-28;1-4(6)3-5(2)7;/h1-20,29-36H,21-24H2;4-7H,3H2,1-2H3;/t29-,30-,31+,32+,33-,34-;;/m1../s1. The second-order valence-electron chi connectivity index (χ2n) is 12.5. The molecule has 44 heavy (non-hydrogen) atoms. The molecular weight excluding hydrogens is 665 g/mol. The van der Waals surface area contributed by atoms with Crippen molar-refractivity contribution in [2.45, 2.75) is 92.6 Å². The van der Waals surface area contributed by atoms with Crippen molar-refractivity contribution in [1.82, 2.24) is 0 Å². The van der Waals surface area contributed by atoms with Crippen LogP contribution in [-0.4, -0.2) is 33.7 Å². The zero-order valence-electron chi connectivity index (χ0n) is 25.9. The molecule has 2 aliphatic heterocycles. The molecule has 6 rings (SSSR count). The predicted octanol–water partition coefficient (Wildman–Crippen LogP) is 9.85. The minimum Gasteiger partial charge on any atom is -0.393 e. The monoisotopic (exact) mass is 713 g/mol. The molecule has 2 aliphatic rings. The normalized spacial score (nSPS) is 26.8. The molecule has 2 heterocycles. The molecule has 0 spiro atoms. The fourth-order valence-corrected chi connectivity index (χ4v) is 11.5. The van der Waals surface area contributed by atoms with Crippen molar-refractivity contribution in [2.75, 3.05) is 0 Å². The van der Waals surface area contributed by atoms with Crippen LogP contribution in [-0.2, 0) is 19.5 Å². The fourth-order valence-electron chi connectivity index (χ4n) is 7.12. The van der Waals surface area contributed by atoms with Crippen LogP contribution in [0.15, 0.2) is 121 Å². The molecule has 1 radical (unpaired) electrons. The van der Waals surface area contributed by atoms with Crippen molar-refractivity contribution in [3.63, 3.8) is 0 Å². The summed E-state index contributed by atoms with van der Waals surface area (Å²) in [6, 6.07) is 45.4. The second-order valence-corrected chi connectivity index (χ2v) is 16.0. The van der Waals surface area contributed by atoms with Gasteiger partial charge < -0.3 is 10.2 Å². The Morgan fingerprint density at radius 3 is 1.09 bits per heavy atom.